The Morgan fingerprint density at radius 3 is 2.37 bits per heavy atom. The summed E-state index contributed by atoms with van der Waals surface area (Å²) in [6, 6.07) is 11.3. The number of benzene rings is 1. The number of nitrogens with one attached hydrogen (secondary N) is 2. The summed E-state index contributed by atoms with van der Waals surface area (Å²) >= 11 is 0. The number of nitrogens with zero attached hydrogens (tertiary/aromatic N) is 8. The zero-order chi connectivity index (χ0) is 43.9. The highest BCUT2D eigenvalue weighted by molar-refractivity contribution is 6.05. The Bertz CT molecular complexity index is 2180. The van der Waals surface area contributed by atoms with Crippen LogP contribution in [0, 0.1) is 5.92 Å². The second kappa shape index (κ2) is 20.0. The molecule has 0 spiro atoms. The first-order valence-corrected chi connectivity index (χ1v) is 22.4. The van der Waals surface area contributed by atoms with Crippen LogP contribution in [0.25, 0.3) is 6.08 Å². The Morgan fingerprint density at radius 1 is 0.857 bits per heavy atom. The number of piperidine rings is 3. The van der Waals surface area contributed by atoms with E-state index in [1.807, 2.05) is 28.0 Å². The number of unbranched alkanes of at least 4 members (excludes halogenated alkanes) is 1. The number of piperazine rings is 1. The van der Waals surface area contributed by atoms with Crippen LogP contribution in [0.15, 0.2) is 60.9 Å². The lowest BCUT2D eigenvalue weighted by molar-refractivity contribution is -0.137. The number of amides is 6. The first-order valence-electron chi connectivity index (χ1n) is 22.4. The summed E-state index contributed by atoms with van der Waals surface area (Å²) in [6.45, 7) is 6.41. The number of rotatable bonds is 13. The molecule has 7 heterocycles. The molecule has 0 aliphatic carbocycles. The molecule has 8 rings (SSSR count). The van der Waals surface area contributed by atoms with Crippen molar-refractivity contribution in [2.75, 3.05) is 63.8 Å². The molecule has 0 saturated carbocycles. The molecule has 2 atom stereocenters. The Kier molecular flexibility index (Phi) is 13.8. The predicted octanol–water partition coefficient (Wildman–Crippen LogP) is 2.30. The predicted molar refractivity (Wildman–Crippen MR) is 234 cm³/mol. The van der Waals surface area contributed by atoms with Crippen LogP contribution in [0.1, 0.15) is 101 Å². The monoisotopic (exact) mass is 859 g/mol. The number of aromatic nitrogens is 3. The van der Waals surface area contributed by atoms with Crippen LogP contribution < -0.4 is 21.3 Å². The molecule has 332 valence electrons. The quantitative estimate of drug-likeness (QED) is 0.129. The zero-order valence-electron chi connectivity index (χ0n) is 35.7. The maximum absolute atomic E-state index is 13.7. The second-order valence-electron chi connectivity index (χ2n) is 17.2. The van der Waals surface area contributed by atoms with Crippen molar-refractivity contribution in [1.29, 1.82) is 0 Å². The van der Waals surface area contributed by atoms with Gasteiger partial charge in [-0.2, -0.15) is 0 Å². The number of nitrogens with two attached hydrogens (primary N) is 1. The number of carbonyl (C=O) groups excluding carboxylic acids is 6. The average molecular weight is 860 g/mol. The van der Waals surface area contributed by atoms with E-state index >= 15 is 0 Å². The van der Waals surface area contributed by atoms with Gasteiger partial charge < -0.3 is 30.7 Å². The lowest BCUT2D eigenvalue weighted by Crippen LogP contribution is -2.55. The van der Waals surface area contributed by atoms with Gasteiger partial charge in [-0.25, -0.2) is 0 Å². The SMILES string of the molecule is NC(C(=O)N1CCN(C2CCN(c3ccc(C(=O)N4CCC(CCCCNC(=O)/C=C/c5cccnc5)CC4)nn3)CC2)CC1)c1cccc2c1CN(C1CCC(=O)NC1=O)C2=O. The second-order valence-corrected chi connectivity index (χ2v) is 17.2. The van der Waals surface area contributed by atoms with E-state index in [0.717, 1.165) is 82.5 Å². The van der Waals surface area contributed by atoms with Gasteiger partial charge in [-0.15, -0.1) is 10.2 Å². The molecule has 5 aliphatic rings. The Hall–Kier alpha value is -6.07. The third-order valence-corrected chi connectivity index (χ3v) is 13.4. The first kappa shape index (κ1) is 43.6. The highest BCUT2D eigenvalue weighted by Gasteiger charge is 2.41. The van der Waals surface area contributed by atoms with Gasteiger partial charge in [0, 0.05) is 102 Å². The van der Waals surface area contributed by atoms with Crippen LogP contribution in [-0.2, 0) is 25.7 Å². The molecular formula is C46H57N11O6. The Morgan fingerprint density at radius 2 is 1.65 bits per heavy atom. The van der Waals surface area contributed by atoms with Gasteiger partial charge in [0.25, 0.3) is 11.8 Å². The molecule has 0 bridgehead atoms. The lowest BCUT2D eigenvalue weighted by atomic mass is 9.91. The van der Waals surface area contributed by atoms with Crippen molar-refractivity contribution in [3.05, 3.63) is 88.9 Å². The van der Waals surface area contributed by atoms with E-state index in [1.165, 1.54) is 11.0 Å². The molecule has 63 heavy (non-hydrogen) atoms. The maximum atomic E-state index is 13.7. The average Bonchev–Trinajstić information content (AvgIpc) is 3.66. The van der Waals surface area contributed by atoms with Crippen molar-refractivity contribution in [2.45, 2.75) is 82.5 Å². The van der Waals surface area contributed by atoms with Gasteiger partial charge >= 0.3 is 0 Å². The molecule has 1 aromatic carbocycles. The van der Waals surface area contributed by atoms with Gasteiger partial charge in [-0.05, 0) is 91.5 Å². The number of imide groups is 1. The lowest BCUT2D eigenvalue weighted by Gasteiger charge is -2.43. The molecule has 2 unspecified atom stereocenters. The van der Waals surface area contributed by atoms with Gasteiger partial charge in [-0.3, -0.25) is 44.0 Å². The van der Waals surface area contributed by atoms with Crippen LogP contribution >= 0.6 is 0 Å². The number of hydrogen-bond acceptors (Lipinski definition) is 12. The standard InChI is InChI=1S/C46H57N11O6/c47-42(34-7-3-8-35-36(34)30-57(44(35)61)38-11-14-41(59)50-43(38)60)46(63)56-27-25-53(26-28-56)33-17-23-54(24-18-33)39-12-10-37(51-52-39)45(62)55-21-15-31(16-22-55)5-1-2-20-49-40(58)13-9-32-6-4-19-48-29-32/h3-4,6-10,12-13,19,29,31,33,38,42H,1-2,5,11,14-18,20-28,30,47H2,(H,49,58)(H,50,59,60)/b13-9+. The number of carbonyl (C=O) groups is 6. The first-order chi connectivity index (χ1) is 30.6. The summed E-state index contributed by atoms with van der Waals surface area (Å²) < 4.78 is 0. The Balaban J connectivity index is 0.727. The van der Waals surface area contributed by atoms with Crippen molar-refractivity contribution in [3.8, 4) is 0 Å². The molecule has 6 amide bonds. The summed E-state index contributed by atoms with van der Waals surface area (Å²) in [5.74, 6) is -0.153. The summed E-state index contributed by atoms with van der Waals surface area (Å²) in [4.78, 5) is 90.6. The van der Waals surface area contributed by atoms with Crippen LogP contribution in [0.2, 0.25) is 0 Å². The maximum Gasteiger partial charge on any atom is 0.274 e. The summed E-state index contributed by atoms with van der Waals surface area (Å²) in [7, 11) is 0. The molecule has 4 fully saturated rings. The number of likely N-dealkylation sites (tertiary alicyclic amines) is 1. The fraction of sp³-hybridized carbons (Fsp3) is 0.500. The number of anilines is 1. The largest absolute Gasteiger partial charge is 0.355 e. The molecule has 17 nitrogen and oxygen atoms in total. The highest BCUT2D eigenvalue weighted by atomic mass is 16.2. The van der Waals surface area contributed by atoms with E-state index in [0.29, 0.717) is 67.1 Å². The van der Waals surface area contributed by atoms with Crippen molar-refractivity contribution >= 4 is 47.3 Å². The van der Waals surface area contributed by atoms with E-state index in [4.69, 9.17) is 5.73 Å². The number of fused-ring (bicyclic) bond motifs is 1. The van der Waals surface area contributed by atoms with Crippen molar-refractivity contribution in [3.63, 3.8) is 0 Å². The van der Waals surface area contributed by atoms with Gasteiger partial charge in [0.15, 0.2) is 11.5 Å². The minimum atomic E-state index is -0.943. The molecule has 17 heteroatoms. The van der Waals surface area contributed by atoms with Crippen LogP contribution in [-0.4, -0.2) is 141 Å². The van der Waals surface area contributed by atoms with Crippen LogP contribution in [0.4, 0.5) is 5.82 Å². The zero-order valence-corrected chi connectivity index (χ0v) is 35.7. The summed E-state index contributed by atoms with van der Waals surface area (Å²) in [5.41, 5.74) is 9.56. The van der Waals surface area contributed by atoms with E-state index < -0.39 is 18.0 Å². The molecule has 3 aromatic rings. The number of hydrogen-bond donors (Lipinski definition) is 3. The van der Waals surface area contributed by atoms with Gasteiger partial charge in [0.2, 0.25) is 23.6 Å². The molecule has 5 aliphatic heterocycles. The van der Waals surface area contributed by atoms with E-state index in [-0.39, 0.29) is 48.9 Å². The number of pyridine rings is 1. The van der Waals surface area contributed by atoms with Gasteiger partial charge in [-0.1, -0.05) is 31.0 Å². The van der Waals surface area contributed by atoms with Gasteiger partial charge in [0.05, 0.1) is 0 Å². The summed E-state index contributed by atoms with van der Waals surface area (Å²) in [6.07, 6.45) is 14.0. The molecule has 2 aromatic heterocycles. The summed E-state index contributed by atoms with van der Waals surface area (Å²) in [5, 5.41) is 14.1. The van der Waals surface area contributed by atoms with E-state index in [1.54, 1.807) is 42.7 Å². The molecule has 4 saturated heterocycles. The third kappa shape index (κ3) is 10.3. The smallest absolute Gasteiger partial charge is 0.274 e. The minimum Gasteiger partial charge on any atom is -0.355 e. The van der Waals surface area contributed by atoms with Crippen LogP contribution in [0.3, 0.4) is 0 Å². The fourth-order valence-corrected chi connectivity index (χ4v) is 9.67. The fourth-order valence-electron chi connectivity index (χ4n) is 9.67. The highest BCUT2D eigenvalue weighted by Crippen LogP contribution is 2.33. The molecular weight excluding hydrogens is 803 g/mol. The van der Waals surface area contributed by atoms with Crippen molar-refractivity contribution in [2.24, 2.45) is 11.7 Å². The van der Waals surface area contributed by atoms with Gasteiger partial charge in [0.1, 0.15) is 12.1 Å². The van der Waals surface area contributed by atoms with E-state index in [2.05, 4.69) is 35.6 Å². The normalized spacial score (nSPS) is 20.8. The minimum absolute atomic E-state index is 0.0777. The van der Waals surface area contributed by atoms with Crippen molar-refractivity contribution < 1.29 is 28.8 Å². The molecule has 0 radical (unpaired) electrons. The Labute approximate surface area is 367 Å². The van der Waals surface area contributed by atoms with E-state index in [9.17, 15) is 28.8 Å². The third-order valence-electron chi connectivity index (χ3n) is 13.4. The van der Waals surface area contributed by atoms with Crippen molar-refractivity contribution in [1.82, 2.24) is 45.4 Å². The molecule has 4 N–H and O–H groups in total. The topological polar surface area (TPSA) is 207 Å². The van der Waals surface area contributed by atoms with Crippen LogP contribution in [0.5, 0.6) is 0 Å².